The minimum absolute atomic E-state index is 0.284. The van der Waals surface area contributed by atoms with Gasteiger partial charge in [-0.1, -0.05) is 18.2 Å². The number of aromatic nitrogens is 1. The highest BCUT2D eigenvalue weighted by Gasteiger charge is 2.19. The number of benzene rings is 1. The fourth-order valence-electron chi connectivity index (χ4n) is 3.02. The van der Waals surface area contributed by atoms with E-state index in [1.165, 1.54) is 16.5 Å². The van der Waals surface area contributed by atoms with Gasteiger partial charge in [-0.15, -0.1) is 0 Å². The molecule has 0 bridgehead atoms. The van der Waals surface area contributed by atoms with Crippen molar-refractivity contribution in [3.8, 4) is 0 Å². The molecule has 3 rings (SSSR count). The van der Waals surface area contributed by atoms with E-state index >= 15 is 0 Å². The molecule has 0 saturated carbocycles. The van der Waals surface area contributed by atoms with E-state index < -0.39 is 0 Å². The number of morpholine rings is 1. The monoisotopic (exact) mass is 273 g/mol. The van der Waals surface area contributed by atoms with Crippen molar-refractivity contribution >= 4 is 10.9 Å². The van der Waals surface area contributed by atoms with Crippen LogP contribution in [-0.2, 0) is 17.8 Å². The Morgan fingerprint density at radius 2 is 2.25 bits per heavy atom. The lowest BCUT2D eigenvalue weighted by Gasteiger charge is -2.30. The van der Waals surface area contributed by atoms with Crippen LogP contribution in [0.3, 0.4) is 0 Å². The molecular formula is C16H23N3O. The summed E-state index contributed by atoms with van der Waals surface area (Å²) in [5.74, 6) is 0. The van der Waals surface area contributed by atoms with Gasteiger partial charge in [-0.3, -0.25) is 0 Å². The Morgan fingerprint density at radius 1 is 1.35 bits per heavy atom. The van der Waals surface area contributed by atoms with Gasteiger partial charge in [0.1, 0.15) is 0 Å². The second-order valence-electron chi connectivity index (χ2n) is 5.61. The highest BCUT2D eigenvalue weighted by atomic mass is 16.5. The predicted molar refractivity (Wildman–Crippen MR) is 81.9 cm³/mol. The molecule has 1 aromatic heterocycles. The minimum Gasteiger partial charge on any atom is -0.374 e. The molecule has 108 valence electrons. The van der Waals surface area contributed by atoms with Gasteiger partial charge in [0.15, 0.2) is 0 Å². The van der Waals surface area contributed by atoms with Crippen LogP contribution in [0.2, 0.25) is 0 Å². The maximum atomic E-state index is 5.89. The first-order valence-electron chi connectivity index (χ1n) is 7.29. The van der Waals surface area contributed by atoms with Gasteiger partial charge in [0.05, 0.1) is 24.8 Å². The van der Waals surface area contributed by atoms with Crippen LogP contribution in [-0.4, -0.2) is 49.4 Å². The Balaban J connectivity index is 1.87. The lowest BCUT2D eigenvalue weighted by molar-refractivity contribution is -0.0269. The Morgan fingerprint density at radius 3 is 3.05 bits per heavy atom. The quantitative estimate of drug-likeness (QED) is 0.919. The molecule has 4 heteroatoms. The maximum Gasteiger partial charge on any atom is 0.0881 e. The van der Waals surface area contributed by atoms with Crippen molar-refractivity contribution < 1.29 is 4.74 Å². The third kappa shape index (κ3) is 2.73. The zero-order valence-electron chi connectivity index (χ0n) is 12.3. The number of nitrogens with zero attached hydrogens (tertiary/aromatic N) is 2. The molecule has 1 aliphatic heterocycles. The molecule has 1 saturated heterocycles. The van der Waals surface area contributed by atoms with Gasteiger partial charge < -0.3 is 19.5 Å². The number of ether oxygens (including phenoxy) is 1. The number of fused-ring (bicyclic) bond motifs is 1. The summed E-state index contributed by atoms with van der Waals surface area (Å²) in [6, 6.07) is 8.70. The first kappa shape index (κ1) is 13.6. The Labute approximate surface area is 120 Å². The average Bonchev–Trinajstić information content (AvgIpc) is 2.84. The molecule has 0 radical (unpaired) electrons. The van der Waals surface area contributed by atoms with Gasteiger partial charge in [0.2, 0.25) is 0 Å². The molecule has 0 aliphatic carbocycles. The van der Waals surface area contributed by atoms with E-state index in [0.29, 0.717) is 0 Å². The van der Waals surface area contributed by atoms with Gasteiger partial charge >= 0.3 is 0 Å². The summed E-state index contributed by atoms with van der Waals surface area (Å²) in [4.78, 5) is 2.34. The first-order valence-corrected chi connectivity index (χ1v) is 7.29. The van der Waals surface area contributed by atoms with E-state index in [1.807, 2.05) is 7.05 Å². The molecule has 1 atom stereocenters. The zero-order valence-corrected chi connectivity index (χ0v) is 12.3. The lowest BCUT2D eigenvalue weighted by atomic mass is 10.1. The summed E-state index contributed by atoms with van der Waals surface area (Å²) in [7, 11) is 4.15. The fraction of sp³-hybridized carbons (Fsp3) is 0.500. The van der Waals surface area contributed by atoms with E-state index in [9.17, 15) is 0 Å². The normalized spacial score (nSPS) is 20.6. The number of nitrogens with one attached hydrogen (secondary N) is 1. The van der Waals surface area contributed by atoms with E-state index in [-0.39, 0.29) is 6.10 Å². The average molecular weight is 273 g/mol. The molecule has 0 amide bonds. The summed E-state index contributed by atoms with van der Waals surface area (Å²) in [5, 5.41) is 4.56. The predicted octanol–water partition coefficient (Wildman–Crippen LogP) is 1.69. The van der Waals surface area contributed by atoms with Crippen molar-refractivity contribution in [1.82, 2.24) is 14.8 Å². The van der Waals surface area contributed by atoms with Crippen molar-refractivity contribution in [2.24, 2.45) is 0 Å². The van der Waals surface area contributed by atoms with Crippen LogP contribution in [0.4, 0.5) is 0 Å². The molecule has 0 spiro atoms. The Bertz CT molecular complexity index is 578. The zero-order chi connectivity index (χ0) is 13.9. The smallest absolute Gasteiger partial charge is 0.0881 e. The molecule has 1 fully saturated rings. The number of rotatable bonds is 4. The van der Waals surface area contributed by atoms with Crippen LogP contribution in [0, 0.1) is 0 Å². The second kappa shape index (κ2) is 5.95. The minimum atomic E-state index is 0.284. The Hall–Kier alpha value is -1.36. The van der Waals surface area contributed by atoms with Crippen molar-refractivity contribution in [2.45, 2.75) is 19.2 Å². The van der Waals surface area contributed by atoms with Crippen molar-refractivity contribution in [2.75, 3.05) is 33.8 Å². The van der Waals surface area contributed by atoms with E-state index in [4.69, 9.17) is 4.74 Å². The van der Waals surface area contributed by atoms with Gasteiger partial charge in [0.25, 0.3) is 0 Å². The van der Waals surface area contributed by atoms with Crippen molar-refractivity contribution in [1.29, 1.82) is 0 Å². The van der Waals surface area contributed by atoms with Crippen LogP contribution in [0.1, 0.15) is 5.56 Å². The largest absolute Gasteiger partial charge is 0.374 e. The third-order valence-corrected chi connectivity index (χ3v) is 3.98. The Kier molecular flexibility index (Phi) is 4.05. The van der Waals surface area contributed by atoms with Crippen LogP contribution < -0.4 is 5.32 Å². The number of likely N-dealkylation sites (N-methyl/N-ethyl adjacent to an activating group) is 1. The van der Waals surface area contributed by atoms with Crippen LogP contribution in [0.25, 0.3) is 10.9 Å². The summed E-state index contributed by atoms with van der Waals surface area (Å²) in [5.41, 5.74) is 2.68. The number of hydrogen-bond donors (Lipinski definition) is 1. The topological polar surface area (TPSA) is 29.4 Å². The SMILES string of the molecule is CNCc1cccc2ccn(CC3CN(C)CCO3)c12. The molecule has 4 nitrogen and oxygen atoms in total. The highest BCUT2D eigenvalue weighted by molar-refractivity contribution is 5.83. The fourth-order valence-corrected chi connectivity index (χ4v) is 3.02. The van der Waals surface area contributed by atoms with E-state index in [2.05, 4.69) is 52.3 Å². The van der Waals surface area contributed by atoms with Crippen molar-refractivity contribution in [3.05, 3.63) is 36.0 Å². The summed E-state index contributed by atoms with van der Waals surface area (Å²) < 4.78 is 8.23. The summed E-state index contributed by atoms with van der Waals surface area (Å²) in [6.07, 6.45) is 2.47. The molecule has 20 heavy (non-hydrogen) atoms. The third-order valence-electron chi connectivity index (χ3n) is 3.98. The maximum absolute atomic E-state index is 5.89. The van der Waals surface area contributed by atoms with E-state index in [1.54, 1.807) is 0 Å². The molecule has 2 heterocycles. The number of para-hydroxylation sites is 1. The van der Waals surface area contributed by atoms with E-state index in [0.717, 1.165) is 32.8 Å². The van der Waals surface area contributed by atoms with Gasteiger partial charge in [0, 0.05) is 25.8 Å². The summed E-state index contributed by atoms with van der Waals surface area (Å²) >= 11 is 0. The van der Waals surface area contributed by atoms with Crippen LogP contribution >= 0.6 is 0 Å². The lowest BCUT2D eigenvalue weighted by Crippen LogP contribution is -2.41. The number of hydrogen-bond acceptors (Lipinski definition) is 3. The molecule has 1 unspecified atom stereocenters. The second-order valence-corrected chi connectivity index (χ2v) is 5.61. The van der Waals surface area contributed by atoms with Gasteiger partial charge in [-0.2, -0.15) is 0 Å². The van der Waals surface area contributed by atoms with Gasteiger partial charge in [-0.25, -0.2) is 0 Å². The van der Waals surface area contributed by atoms with Gasteiger partial charge in [-0.05, 0) is 31.1 Å². The molecule has 1 aliphatic rings. The molecule has 1 aromatic carbocycles. The summed E-state index contributed by atoms with van der Waals surface area (Å²) in [6.45, 7) is 4.70. The molecular weight excluding hydrogens is 250 g/mol. The van der Waals surface area contributed by atoms with Crippen LogP contribution in [0.15, 0.2) is 30.5 Å². The standard InChI is InChI=1S/C16H23N3O/c1-17-10-14-5-3-4-13-6-7-19(16(13)14)12-15-11-18(2)8-9-20-15/h3-7,15,17H,8-12H2,1-2H3. The molecule has 2 aromatic rings. The highest BCUT2D eigenvalue weighted by Crippen LogP contribution is 2.21. The molecule has 1 N–H and O–H groups in total. The van der Waals surface area contributed by atoms with Crippen molar-refractivity contribution in [3.63, 3.8) is 0 Å². The first-order chi connectivity index (χ1) is 9.78. The van der Waals surface area contributed by atoms with Crippen LogP contribution in [0.5, 0.6) is 0 Å².